The van der Waals surface area contributed by atoms with Gasteiger partial charge < -0.3 is 19.5 Å². The monoisotopic (exact) mass is 425 g/mol. The summed E-state index contributed by atoms with van der Waals surface area (Å²) >= 11 is 6.22. The maximum absolute atomic E-state index is 6.22. The van der Waals surface area contributed by atoms with Gasteiger partial charge in [-0.05, 0) is 61.3 Å². The van der Waals surface area contributed by atoms with Crippen LogP contribution in [0.4, 0.5) is 0 Å². The highest BCUT2D eigenvalue weighted by Gasteiger charge is 2.08. The van der Waals surface area contributed by atoms with Crippen LogP contribution in [-0.4, -0.2) is 20.3 Å². The third-order valence-electron chi connectivity index (χ3n) is 4.73. The first-order chi connectivity index (χ1) is 14.7. The van der Waals surface area contributed by atoms with E-state index in [0.717, 1.165) is 47.9 Å². The van der Waals surface area contributed by atoms with E-state index in [9.17, 15) is 0 Å². The average molecular weight is 426 g/mol. The molecule has 4 nitrogen and oxygen atoms in total. The van der Waals surface area contributed by atoms with Crippen LogP contribution < -0.4 is 19.5 Å². The standard InChI is InChI=1S/C25H28ClNO3/c1-3-29-25-16-20(17-27-15-14-19-8-11-22(28-2)12-9-19)10-13-24(25)30-18-21-6-4-5-7-23(21)26/h4-13,16,27H,3,14-15,17-18H2,1-2H3. The molecule has 3 aromatic rings. The maximum Gasteiger partial charge on any atom is 0.161 e. The molecule has 0 atom stereocenters. The number of hydrogen-bond donors (Lipinski definition) is 1. The molecule has 0 bridgehead atoms. The lowest BCUT2D eigenvalue weighted by Crippen LogP contribution is -2.16. The normalized spacial score (nSPS) is 10.6. The molecule has 3 aromatic carbocycles. The molecule has 0 aliphatic rings. The van der Waals surface area contributed by atoms with Gasteiger partial charge in [0.15, 0.2) is 11.5 Å². The van der Waals surface area contributed by atoms with Crippen molar-refractivity contribution in [1.29, 1.82) is 0 Å². The molecule has 3 rings (SSSR count). The molecule has 0 unspecified atom stereocenters. The molecule has 1 N–H and O–H groups in total. The van der Waals surface area contributed by atoms with Crippen molar-refractivity contribution < 1.29 is 14.2 Å². The first-order valence-corrected chi connectivity index (χ1v) is 10.5. The fourth-order valence-corrected chi connectivity index (χ4v) is 3.27. The van der Waals surface area contributed by atoms with Crippen LogP contribution in [-0.2, 0) is 19.6 Å². The molecule has 158 valence electrons. The lowest BCUT2D eigenvalue weighted by molar-refractivity contribution is 0.269. The number of nitrogens with one attached hydrogen (secondary N) is 1. The van der Waals surface area contributed by atoms with Crippen LogP contribution >= 0.6 is 11.6 Å². The Kier molecular flexibility index (Phi) is 8.42. The zero-order chi connectivity index (χ0) is 21.2. The van der Waals surface area contributed by atoms with Gasteiger partial charge in [-0.2, -0.15) is 0 Å². The lowest BCUT2D eigenvalue weighted by atomic mass is 10.1. The van der Waals surface area contributed by atoms with Crippen molar-refractivity contribution in [1.82, 2.24) is 5.32 Å². The van der Waals surface area contributed by atoms with Gasteiger partial charge in [0.05, 0.1) is 13.7 Å². The number of hydrogen-bond acceptors (Lipinski definition) is 4. The molecule has 0 saturated heterocycles. The first kappa shape index (κ1) is 22.0. The molecular weight excluding hydrogens is 398 g/mol. The van der Waals surface area contributed by atoms with Gasteiger partial charge >= 0.3 is 0 Å². The molecule has 0 aromatic heterocycles. The van der Waals surface area contributed by atoms with E-state index >= 15 is 0 Å². The summed E-state index contributed by atoms with van der Waals surface area (Å²) in [4.78, 5) is 0. The summed E-state index contributed by atoms with van der Waals surface area (Å²) in [7, 11) is 1.68. The Balaban J connectivity index is 1.53. The van der Waals surface area contributed by atoms with Crippen LogP contribution in [0, 0.1) is 0 Å². The highest BCUT2D eigenvalue weighted by Crippen LogP contribution is 2.30. The summed E-state index contributed by atoms with van der Waals surface area (Å²) in [5.41, 5.74) is 3.38. The fourth-order valence-electron chi connectivity index (χ4n) is 3.08. The predicted octanol–water partition coefficient (Wildman–Crippen LogP) is 5.66. The number of methoxy groups -OCH3 is 1. The molecule has 0 fully saturated rings. The summed E-state index contributed by atoms with van der Waals surface area (Å²) < 4.78 is 17.0. The van der Waals surface area contributed by atoms with Crippen LogP contribution in [0.15, 0.2) is 66.7 Å². The SMILES string of the molecule is CCOc1cc(CNCCc2ccc(OC)cc2)ccc1OCc1ccccc1Cl. The topological polar surface area (TPSA) is 39.7 Å². The second-order valence-electron chi connectivity index (χ2n) is 6.87. The molecule has 5 heteroatoms. The number of benzene rings is 3. The minimum atomic E-state index is 0.402. The molecule has 0 amide bonds. The largest absolute Gasteiger partial charge is 0.497 e. The Morgan fingerprint density at radius 2 is 1.63 bits per heavy atom. The molecule has 0 heterocycles. The van der Waals surface area contributed by atoms with E-state index < -0.39 is 0 Å². The smallest absolute Gasteiger partial charge is 0.161 e. The van der Waals surface area contributed by atoms with Gasteiger partial charge in [0.1, 0.15) is 12.4 Å². The number of rotatable bonds is 11. The van der Waals surface area contributed by atoms with Crippen LogP contribution in [0.2, 0.25) is 5.02 Å². The average Bonchev–Trinajstić information content (AvgIpc) is 2.78. The third kappa shape index (κ3) is 6.41. The Bertz CT molecular complexity index is 928. The number of halogens is 1. The predicted molar refractivity (Wildman–Crippen MR) is 122 cm³/mol. The fraction of sp³-hybridized carbons (Fsp3) is 0.280. The van der Waals surface area contributed by atoms with Gasteiger partial charge in [-0.3, -0.25) is 0 Å². The van der Waals surface area contributed by atoms with Gasteiger partial charge in [0, 0.05) is 17.1 Å². The molecule has 0 saturated carbocycles. The van der Waals surface area contributed by atoms with E-state index in [1.165, 1.54) is 5.56 Å². The third-order valence-corrected chi connectivity index (χ3v) is 5.10. The van der Waals surface area contributed by atoms with Crippen LogP contribution in [0.3, 0.4) is 0 Å². The second kappa shape index (κ2) is 11.5. The van der Waals surface area contributed by atoms with Crippen LogP contribution in [0.25, 0.3) is 0 Å². The molecule has 0 radical (unpaired) electrons. The summed E-state index contributed by atoms with van der Waals surface area (Å²) in [6, 6.07) is 21.9. The van der Waals surface area contributed by atoms with Crippen LogP contribution in [0.1, 0.15) is 23.6 Å². The zero-order valence-corrected chi connectivity index (χ0v) is 18.2. The van der Waals surface area contributed by atoms with Crippen molar-refractivity contribution in [2.75, 3.05) is 20.3 Å². The van der Waals surface area contributed by atoms with Crippen molar-refractivity contribution >= 4 is 11.6 Å². The van der Waals surface area contributed by atoms with Crippen molar-refractivity contribution in [2.24, 2.45) is 0 Å². The molecule has 0 aliphatic carbocycles. The zero-order valence-electron chi connectivity index (χ0n) is 17.5. The van der Waals surface area contributed by atoms with E-state index in [4.69, 9.17) is 25.8 Å². The number of ether oxygens (including phenoxy) is 3. The van der Waals surface area contributed by atoms with E-state index in [2.05, 4.69) is 23.5 Å². The van der Waals surface area contributed by atoms with Crippen molar-refractivity contribution in [3.8, 4) is 17.2 Å². The quantitative estimate of drug-likeness (QED) is 0.402. The Labute approximate surface area is 183 Å². The highest BCUT2D eigenvalue weighted by molar-refractivity contribution is 6.31. The van der Waals surface area contributed by atoms with Crippen molar-refractivity contribution in [3.05, 3.63) is 88.4 Å². The van der Waals surface area contributed by atoms with Crippen molar-refractivity contribution in [2.45, 2.75) is 26.5 Å². The maximum atomic E-state index is 6.22. The van der Waals surface area contributed by atoms with E-state index in [-0.39, 0.29) is 0 Å². The van der Waals surface area contributed by atoms with Gasteiger partial charge in [-0.15, -0.1) is 0 Å². The Hall–Kier alpha value is -2.69. The highest BCUT2D eigenvalue weighted by atomic mass is 35.5. The van der Waals surface area contributed by atoms with Gasteiger partial charge in [0.2, 0.25) is 0 Å². The second-order valence-corrected chi connectivity index (χ2v) is 7.28. The first-order valence-electron chi connectivity index (χ1n) is 10.1. The van der Waals surface area contributed by atoms with Gasteiger partial charge in [-0.1, -0.05) is 48.0 Å². The molecular formula is C25H28ClNO3. The molecule has 0 aliphatic heterocycles. The van der Waals surface area contributed by atoms with Gasteiger partial charge in [-0.25, -0.2) is 0 Å². The minimum Gasteiger partial charge on any atom is -0.497 e. The minimum absolute atomic E-state index is 0.402. The summed E-state index contributed by atoms with van der Waals surface area (Å²) in [5, 5.41) is 4.19. The summed E-state index contributed by atoms with van der Waals surface area (Å²) in [5.74, 6) is 2.35. The van der Waals surface area contributed by atoms with Crippen LogP contribution in [0.5, 0.6) is 17.2 Å². The van der Waals surface area contributed by atoms with Crippen molar-refractivity contribution in [3.63, 3.8) is 0 Å². The van der Waals surface area contributed by atoms with E-state index in [1.54, 1.807) is 7.11 Å². The van der Waals surface area contributed by atoms with E-state index in [1.807, 2.05) is 55.5 Å². The van der Waals surface area contributed by atoms with E-state index in [0.29, 0.717) is 18.2 Å². The molecule has 30 heavy (non-hydrogen) atoms. The summed E-state index contributed by atoms with van der Waals surface area (Å²) in [6.45, 7) is 4.61. The lowest BCUT2D eigenvalue weighted by Gasteiger charge is -2.14. The summed E-state index contributed by atoms with van der Waals surface area (Å²) in [6.07, 6.45) is 0.960. The Morgan fingerprint density at radius 1 is 0.867 bits per heavy atom. The molecule has 0 spiro atoms. The van der Waals surface area contributed by atoms with Gasteiger partial charge in [0.25, 0.3) is 0 Å². The Morgan fingerprint density at radius 3 is 2.37 bits per heavy atom.